The van der Waals surface area contributed by atoms with E-state index in [0.717, 1.165) is 0 Å². The molecule has 118 valence electrons. The molecule has 0 spiro atoms. The molecule has 21 heavy (non-hydrogen) atoms. The molecule has 1 aliphatic rings. The van der Waals surface area contributed by atoms with Gasteiger partial charge in [-0.15, -0.1) is 0 Å². The van der Waals surface area contributed by atoms with E-state index in [2.05, 4.69) is 6.07 Å². The number of nitriles is 1. The highest BCUT2D eigenvalue weighted by molar-refractivity contribution is 5.74. The number of carbonyl (C=O) groups is 2. The fraction of sp³-hybridized carbons (Fsp3) is 0.786. The summed E-state index contributed by atoms with van der Waals surface area (Å²) < 4.78 is 5.49. The normalized spacial score (nSPS) is 17.1. The fourth-order valence-corrected chi connectivity index (χ4v) is 2.30. The maximum absolute atomic E-state index is 12.2. The van der Waals surface area contributed by atoms with Gasteiger partial charge in [0.1, 0.15) is 0 Å². The highest BCUT2D eigenvalue weighted by atomic mass is 16.5. The summed E-state index contributed by atoms with van der Waals surface area (Å²) in [6.45, 7) is 3.62. The standard InChI is InChI=1S/C14H23N3O4/c1-11(9-15)10-16(2)14(20)17-6-3-12(4-7-17)21-8-5-13(18)19/h11-12H,3-8,10H2,1-2H3,(H,18,19). The molecule has 1 heterocycles. The minimum atomic E-state index is -0.865. The molecule has 0 aromatic carbocycles. The van der Waals surface area contributed by atoms with E-state index >= 15 is 0 Å². The van der Waals surface area contributed by atoms with Crippen molar-refractivity contribution in [1.82, 2.24) is 9.80 Å². The lowest BCUT2D eigenvalue weighted by atomic mass is 10.1. The Kier molecular flexibility index (Phi) is 6.96. The first-order valence-corrected chi connectivity index (χ1v) is 7.17. The molecule has 1 atom stereocenters. The Balaban J connectivity index is 2.30. The number of aliphatic carboxylic acids is 1. The Bertz CT molecular complexity index is 400. The number of ether oxygens (including phenoxy) is 1. The van der Waals surface area contributed by atoms with Gasteiger partial charge in [0, 0.05) is 26.7 Å². The van der Waals surface area contributed by atoms with Crippen LogP contribution in [0.25, 0.3) is 0 Å². The smallest absolute Gasteiger partial charge is 0.319 e. The van der Waals surface area contributed by atoms with Crippen LogP contribution in [0.1, 0.15) is 26.2 Å². The molecule has 1 aliphatic heterocycles. The van der Waals surface area contributed by atoms with E-state index in [1.807, 2.05) is 0 Å². The molecule has 0 radical (unpaired) electrons. The second kappa shape index (κ2) is 8.47. The minimum absolute atomic E-state index is 0.00787. The number of likely N-dealkylation sites (tertiary alicyclic amines) is 1. The van der Waals surface area contributed by atoms with Crippen LogP contribution in [-0.2, 0) is 9.53 Å². The molecule has 7 nitrogen and oxygen atoms in total. The molecular formula is C14H23N3O4. The van der Waals surface area contributed by atoms with Crippen molar-refractivity contribution in [3.05, 3.63) is 0 Å². The molecular weight excluding hydrogens is 274 g/mol. The summed E-state index contributed by atoms with van der Waals surface area (Å²) in [6, 6.07) is 2.04. The van der Waals surface area contributed by atoms with Gasteiger partial charge in [0.15, 0.2) is 0 Å². The van der Waals surface area contributed by atoms with E-state index in [1.54, 1.807) is 23.8 Å². The van der Waals surface area contributed by atoms with E-state index in [1.165, 1.54) is 0 Å². The summed E-state index contributed by atoms with van der Waals surface area (Å²) in [4.78, 5) is 25.9. The van der Waals surface area contributed by atoms with Crippen molar-refractivity contribution in [2.24, 2.45) is 5.92 Å². The largest absolute Gasteiger partial charge is 0.481 e. The van der Waals surface area contributed by atoms with Crippen molar-refractivity contribution in [1.29, 1.82) is 5.26 Å². The number of piperidine rings is 1. The third-order valence-corrected chi connectivity index (χ3v) is 3.48. The number of hydrogen-bond donors (Lipinski definition) is 1. The van der Waals surface area contributed by atoms with Gasteiger partial charge in [-0.2, -0.15) is 5.26 Å². The van der Waals surface area contributed by atoms with Crippen LogP contribution in [-0.4, -0.2) is 66.3 Å². The van der Waals surface area contributed by atoms with Gasteiger partial charge in [0.05, 0.1) is 31.1 Å². The van der Waals surface area contributed by atoms with E-state index < -0.39 is 5.97 Å². The second-order valence-corrected chi connectivity index (χ2v) is 5.39. The Morgan fingerprint density at radius 2 is 2.10 bits per heavy atom. The highest BCUT2D eigenvalue weighted by Crippen LogP contribution is 2.15. The molecule has 1 saturated heterocycles. The van der Waals surface area contributed by atoms with E-state index in [-0.39, 0.29) is 31.1 Å². The number of carboxylic acid groups (broad SMARTS) is 1. The van der Waals surface area contributed by atoms with Gasteiger partial charge in [0.2, 0.25) is 0 Å². The highest BCUT2D eigenvalue weighted by Gasteiger charge is 2.25. The van der Waals surface area contributed by atoms with Crippen molar-refractivity contribution in [2.75, 3.05) is 33.3 Å². The average Bonchev–Trinajstić information content (AvgIpc) is 2.46. The summed E-state index contributed by atoms with van der Waals surface area (Å²) >= 11 is 0. The SMILES string of the molecule is CC(C#N)CN(C)C(=O)N1CCC(OCCC(=O)O)CC1. The zero-order valence-electron chi connectivity index (χ0n) is 12.6. The van der Waals surface area contributed by atoms with Gasteiger partial charge < -0.3 is 19.6 Å². The van der Waals surface area contributed by atoms with Crippen molar-refractivity contribution in [3.63, 3.8) is 0 Å². The van der Waals surface area contributed by atoms with Gasteiger partial charge in [-0.05, 0) is 19.8 Å². The molecule has 1 fully saturated rings. The Labute approximate surface area is 125 Å². The lowest BCUT2D eigenvalue weighted by molar-refractivity contribution is -0.138. The van der Waals surface area contributed by atoms with Crippen LogP contribution >= 0.6 is 0 Å². The van der Waals surface area contributed by atoms with Gasteiger partial charge in [-0.25, -0.2) is 4.79 Å². The number of amides is 2. The van der Waals surface area contributed by atoms with Gasteiger partial charge in [0.25, 0.3) is 0 Å². The number of carboxylic acids is 1. The van der Waals surface area contributed by atoms with E-state index in [9.17, 15) is 9.59 Å². The molecule has 0 aromatic heterocycles. The monoisotopic (exact) mass is 297 g/mol. The molecule has 1 unspecified atom stereocenters. The summed E-state index contributed by atoms with van der Waals surface area (Å²) in [6.07, 6.45) is 1.46. The maximum Gasteiger partial charge on any atom is 0.319 e. The Morgan fingerprint density at radius 3 is 2.62 bits per heavy atom. The molecule has 0 aliphatic carbocycles. The van der Waals surface area contributed by atoms with Gasteiger partial charge >= 0.3 is 12.0 Å². The molecule has 1 N–H and O–H groups in total. The minimum Gasteiger partial charge on any atom is -0.481 e. The lowest BCUT2D eigenvalue weighted by Gasteiger charge is -2.34. The molecule has 0 saturated carbocycles. The van der Waals surface area contributed by atoms with Gasteiger partial charge in [-0.3, -0.25) is 4.79 Å². The number of rotatable bonds is 6. The predicted molar refractivity (Wildman–Crippen MR) is 75.6 cm³/mol. The fourth-order valence-electron chi connectivity index (χ4n) is 2.30. The van der Waals surface area contributed by atoms with Crippen LogP contribution in [0.3, 0.4) is 0 Å². The van der Waals surface area contributed by atoms with Crippen molar-refractivity contribution in [3.8, 4) is 6.07 Å². The quantitative estimate of drug-likeness (QED) is 0.793. The first kappa shape index (κ1) is 17.2. The average molecular weight is 297 g/mol. The second-order valence-electron chi connectivity index (χ2n) is 5.39. The van der Waals surface area contributed by atoms with Crippen molar-refractivity contribution >= 4 is 12.0 Å². The summed E-state index contributed by atoms with van der Waals surface area (Å²) in [5.74, 6) is -1.05. The van der Waals surface area contributed by atoms with Crippen LogP contribution in [0.2, 0.25) is 0 Å². The van der Waals surface area contributed by atoms with Crippen LogP contribution < -0.4 is 0 Å². The van der Waals surface area contributed by atoms with E-state index in [4.69, 9.17) is 15.1 Å². The Hall–Kier alpha value is -1.81. The Morgan fingerprint density at radius 1 is 1.48 bits per heavy atom. The molecule has 0 aromatic rings. The first-order valence-electron chi connectivity index (χ1n) is 7.17. The topological polar surface area (TPSA) is 93.9 Å². The summed E-state index contributed by atoms with van der Waals surface area (Å²) in [7, 11) is 1.70. The first-order chi connectivity index (χ1) is 9.93. The van der Waals surface area contributed by atoms with Crippen LogP contribution in [0, 0.1) is 17.2 Å². The summed E-state index contributed by atoms with van der Waals surface area (Å²) in [5, 5.41) is 17.3. The molecule has 2 amide bonds. The number of nitrogens with zero attached hydrogens (tertiary/aromatic N) is 3. The zero-order chi connectivity index (χ0) is 15.8. The van der Waals surface area contributed by atoms with Crippen molar-refractivity contribution in [2.45, 2.75) is 32.3 Å². The van der Waals surface area contributed by atoms with E-state index in [0.29, 0.717) is 32.5 Å². The van der Waals surface area contributed by atoms with Crippen LogP contribution in [0.4, 0.5) is 4.79 Å². The molecule has 7 heteroatoms. The van der Waals surface area contributed by atoms with Gasteiger partial charge in [-0.1, -0.05) is 0 Å². The number of urea groups is 1. The zero-order valence-corrected chi connectivity index (χ0v) is 12.6. The number of hydrogen-bond acceptors (Lipinski definition) is 4. The lowest BCUT2D eigenvalue weighted by Crippen LogP contribution is -2.47. The summed E-state index contributed by atoms with van der Waals surface area (Å²) in [5.41, 5.74) is 0. The predicted octanol–water partition coefficient (Wildman–Crippen LogP) is 1.15. The number of carbonyl (C=O) groups excluding carboxylic acids is 1. The molecule has 1 rings (SSSR count). The third kappa shape index (κ3) is 6.00. The molecule has 0 bridgehead atoms. The third-order valence-electron chi connectivity index (χ3n) is 3.48. The van der Waals surface area contributed by atoms with Crippen molar-refractivity contribution < 1.29 is 19.4 Å². The van der Waals surface area contributed by atoms with Crippen LogP contribution in [0.15, 0.2) is 0 Å². The van der Waals surface area contributed by atoms with Crippen LogP contribution in [0.5, 0.6) is 0 Å². The maximum atomic E-state index is 12.2.